The zero-order valence-electron chi connectivity index (χ0n) is 6.19. The molecule has 5 heteroatoms. The minimum Gasteiger partial charge on any atom is -0.384 e. The lowest BCUT2D eigenvalue weighted by Gasteiger charge is -2.13. The molecule has 0 spiro atoms. The molecule has 0 saturated heterocycles. The number of thioether (sulfide) groups is 1. The Kier molecular flexibility index (Phi) is 4.92. The van der Waals surface area contributed by atoms with E-state index >= 15 is 0 Å². The van der Waals surface area contributed by atoms with Crippen molar-refractivity contribution in [2.75, 3.05) is 11.5 Å². The van der Waals surface area contributed by atoms with Gasteiger partial charge in [-0.3, -0.25) is 0 Å². The molecule has 0 aromatic rings. The highest BCUT2D eigenvalue weighted by Crippen LogP contribution is 2.23. The summed E-state index contributed by atoms with van der Waals surface area (Å²) in [5, 5.41) is 8.47. The molecule has 1 nitrogen and oxygen atoms in total. The van der Waals surface area contributed by atoms with Crippen LogP contribution in [0.2, 0.25) is 0 Å². The topological polar surface area (TPSA) is 20.2 Å². The molecule has 0 radical (unpaired) electrons. The Bertz CT molecular complexity index is 104. The Morgan fingerprint density at radius 3 is 2.36 bits per heavy atom. The minimum atomic E-state index is -4.45. The number of aliphatic hydroxyl groups is 1. The molecule has 0 fully saturated rings. The first kappa shape index (κ1) is 11.1. The molecule has 1 unspecified atom stereocenters. The molecule has 0 aromatic carbocycles. The highest BCUT2D eigenvalue weighted by atomic mass is 32.2. The van der Waals surface area contributed by atoms with Crippen LogP contribution in [0.1, 0.15) is 13.3 Å². The van der Waals surface area contributed by atoms with Crippen molar-refractivity contribution >= 4 is 11.8 Å². The molecule has 0 heterocycles. The fraction of sp³-hybridized carbons (Fsp3) is 1.00. The summed E-state index contributed by atoms with van der Waals surface area (Å²) in [6.07, 6.45) is -6.81. The lowest BCUT2D eigenvalue weighted by atomic mass is 10.3. The van der Waals surface area contributed by atoms with Gasteiger partial charge in [-0.05, 0) is 17.9 Å². The predicted molar refractivity (Wildman–Crippen MR) is 39.7 cm³/mol. The molecule has 0 rings (SSSR count). The second-order valence-electron chi connectivity index (χ2n) is 2.04. The Morgan fingerprint density at radius 2 is 2.00 bits per heavy atom. The van der Waals surface area contributed by atoms with E-state index in [0.717, 1.165) is 5.75 Å². The third-order valence-corrected chi connectivity index (χ3v) is 2.05. The Morgan fingerprint density at radius 1 is 1.45 bits per heavy atom. The maximum absolute atomic E-state index is 11.6. The summed E-state index contributed by atoms with van der Waals surface area (Å²) in [4.78, 5) is 0. The number of rotatable bonds is 4. The van der Waals surface area contributed by atoms with Crippen LogP contribution in [0.5, 0.6) is 0 Å². The van der Waals surface area contributed by atoms with E-state index in [1.807, 2.05) is 6.92 Å². The summed E-state index contributed by atoms with van der Waals surface area (Å²) < 4.78 is 34.9. The molecular weight excluding hydrogens is 177 g/mol. The van der Waals surface area contributed by atoms with E-state index in [9.17, 15) is 13.2 Å². The lowest BCUT2D eigenvalue weighted by molar-refractivity contribution is -0.203. The Hall–Kier alpha value is 0.100. The molecule has 0 aliphatic rings. The van der Waals surface area contributed by atoms with Crippen molar-refractivity contribution in [1.82, 2.24) is 0 Å². The lowest BCUT2D eigenvalue weighted by Crippen LogP contribution is -2.28. The minimum absolute atomic E-state index is 0.206. The van der Waals surface area contributed by atoms with Gasteiger partial charge in [0.1, 0.15) is 0 Å². The van der Waals surface area contributed by atoms with Crippen LogP contribution in [0.4, 0.5) is 13.2 Å². The SMILES string of the molecule is CCSCCC(O)C(F)(F)F. The van der Waals surface area contributed by atoms with Crippen molar-refractivity contribution in [2.45, 2.75) is 25.6 Å². The number of hydrogen-bond acceptors (Lipinski definition) is 2. The van der Waals surface area contributed by atoms with Gasteiger partial charge in [0.25, 0.3) is 0 Å². The van der Waals surface area contributed by atoms with Gasteiger partial charge in [-0.15, -0.1) is 0 Å². The summed E-state index contributed by atoms with van der Waals surface area (Å²) in [7, 11) is 0. The number of halogens is 3. The molecule has 1 N–H and O–H groups in total. The van der Waals surface area contributed by atoms with Gasteiger partial charge in [0.05, 0.1) is 0 Å². The van der Waals surface area contributed by atoms with Crippen molar-refractivity contribution in [3.8, 4) is 0 Å². The standard InChI is InChI=1S/C6H11F3OS/c1-2-11-4-3-5(10)6(7,8)9/h5,10H,2-4H2,1H3. The smallest absolute Gasteiger partial charge is 0.384 e. The Balaban J connectivity index is 3.44. The molecule has 0 aromatic heterocycles. The zero-order chi connectivity index (χ0) is 8.91. The maximum Gasteiger partial charge on any atom is 0.414 e. The highest BCUT2D eigenvalue weighted by Gasteiger charge is 2.37. The second-order valence-corrected chi connectivity index (χ2v) is 3.44. The normalized spacial score (nSPS) is 15.0. The molecule has 0 aliphatic heterocycles. The van der Waals surface area contributed by atoms with Crippen LogP contribution >= 0.6 is 11.8 Å². The Labute approximate surface area is 68.0 Å². The fourth-order valence-corrected chi connectivity index (χ4v) is 1.18. The molecule has 0 saturated carbocycles. The second kappa shape index (κ2) is 4.87. The fourth-order valence-electron chi connectivity index (χ4n) is 0.503. The summed E-state index contributed by atoms with van der Waals surface area (Å²) >= 11 is 1.39. The number of aliphatic hydroxyl groups excluding tert-OH is 1. The third kappa shape index (κ3) is 5.38. The van der Waals surface area contributed by atoms with E-state index in [1.165, 1.54) is 11.8 Å². The first-order valence-electron chi connectivity index (χ1n) is 3.31. The molecule has 0 bridgehead atoms. The predicted octanol–water partition coefficient (Wildman–Crippen LogP) is 2.05. The molecule has 0 amide bonds. The van der Waals surface area contributed by atoms with E-state index in [2.05, 4.69) is 0 Å². The largest absolute Gasteiger partial charge is 0.414 e. The van der Waals surface area contributed by atoms with Gasteiger partial charge in [-0.2, -0.15) is 24.9 Å². The van der Waals surface area contributed by atoms with Gasteiger partial charge in [-0.1, -0.05) is 6.92 Å². The van der Waals surface area contributed by atoms with Gasteiger partial charge in [0.2, 0.25) is 0 Å². The van der Waals surface area contributed by atoms with Crippen molar-refractivity contribution in [3.63, 3.8) is 0 Å². The zero-order valence-corrected chi connectivity index (χ0v) is 7.00. The number of hydrogen-bond donors (Lipinski definition) is 1. The highest BCUT2D eigenvalue weighted by molar-refractivity contribution is 7.99. The van der Waals surface area contributed by atoms with Crippen molar-refractivity contribution < 1.29 is 18.3 Å². The van der Waals surface area contributed by atoms with Crippen molar-refractivity contribution in [3.05, 3.63) is 0 Å². The summed E-state index contributed by atoms with van der Waals surface area (Å²) in [6.45, 7) is 1.87. The van der Waals surface area contributed by atoms with Crippen LogP contribution in [-0.2, 0) is 0 Å². The van der Waals surface area contributed by atoms with E-state index in [0.29, 0.717) is 5.75 Å². The van der Waals surface area contributed by atoms with Gasteiger partial charge >= 0.3 is 6.18 Å². The molecular formula is C6H11F3OS. The van der Waals surface area contributed by atoms with E-state index in [-0.39, 0.29) is 6.42 Å². The van der Waals surface area contributed by atoms with Gasteiger partial charge in [0, 0.05) is 0 Å². The van der Waals surface area contributed by atoms with E-state index in [1.54, 1.807) is 0 Å². The molecule has 11 heavy (non-hydrogen) atoms. The monoisotopic (exact) mass is 188 g/mol. The maximum atomic E-state index is 11.6. The molecule has 1 atom stereocenters. The van der Waals surface area contributed by atoms with Crippen LogP contribution in [0.15, 0.2) is 0 Å². The van der Waals surface area contributed by atoms with Gasteiger partial charge < -0.3 is 5.11 Å². The third-order valence-electron chi connectivity index (χ3n) is 1.12. The van der Waals surface area contributed by atoms with Gasteiger partial charge in [0.15, 0.2) is 6.10 Å². The van der Waals surface area contributed by atoms with Crippen LogP contribution < -0.4 is 0 Å². The van der Waals surface area contributed by atoms with Crippen LogP contribution in [-0.4, -0.2) is 28.9 Å². The van der Waals surface area contributed by atoms with E-state index < -0.39 is 12.3 Å². The first-order chi connectivity index (χ1) is 4.98. The summed E-state index contributed by atoms with van der Waals surface area (Å²) in [5.74, 6) is 1.14. The van der Waals surface area contributed by atoms with Crippen LogP contribution in [0.3, 0.4) is 0 Å². The van der Waals surface area contributed by atoms with E-state index in [4.69, 9.17) is 5.11 Å². The average molecular weight is 188 g/mol. The molecule has 68 valence electrons. The van der Waals surface area contributed by atoms with Crippen LogP contribution in [0.25, 0.3) is 0 Å². The average Bonchev–Trinajstić information content (AvgIpc) is 1.86. The molecule has 0 aliphatic carbocycles. The van der Waals surface area contributed by atoms with Crippen molar-refractivity contribution in [2.24, 2.45) is 0 Å². The number of alkyl halides is 3. The van der Waals surface area contributed by atoms with Crippen molar-refractivity contribution in [1.29, 1.82) is 0 Å². The summed E-state index contributed by atoms with van der Waals surface area (Å²) in [5.41, 5.74) is 0. The summed E-state index contributed by atoms with van der Waals surface area (Å²) in [6, 6.07) is 0. The quantitative estimate of drug-likeness (QED) is 0.681. The van der Waals surface area contributed by atoms with Gasteiger partial charge in [-0.25, -0.2) is 0 Å². The first-order valence-corrected chi connectivity index (χ1v) is 4.46. The van der Waals surface area contributed by atoms with Crippen LogP contribution in [0, 0.1) is 0 Å².